The van der Waals surface area contributed by atoms with Crippen LogP contribution in [-0.4, -0.2) is 30.9 Å². The number of alkyl halides is 1. The lowest BCUT2D eigenvalue weighted by Gasteiger charge is -2.09. The summed E-state index contributed by atoms with van der Waals surface area (Å²) in [7, 11) is 0. The first-order valence-electron chi connectivity index (χ1n) is 5.49. The van der Waals surface area contributed by atoms with Crippen LogP contribution in [0, 0.1) is 0 Å². The van der Waals surface area contributed by atoms with Crippen molar-refractivity contribution in [1.82, 2.24) is 20.2 Å². The van der Waals surface area contributed by atoms with Crippen LogP contribution in [0.15, 0.2) is 30.6 Å². The molecule has 1 amide bonds. The highest BCUT2D eigenvalue weighted by molar-refractivity contribution is 9.10. The number of aromatic nitrogens is 4. The molecule has 0 radical (unpaired) electrons. The number of hydrogen-bond donors (Lipinski definition) is 1. The molecule has 94 valence electrons. The van der Waals surface area contributed by atoms with Gasteiger partial charge in [-0.2, -0.15) is 0 Å². The summed E-state index contributed by atoms with van der Waals surface area (Å²) in [6.07, 6.45) is 2.26. The summed E-state index contributed by atoms with van der Waals surface area (Å²) in [4.78, 5) is 11.5. The molecular formula is C11H12BrN5O. The van der Waals surface area contributed by atoms with Crippen molar-refractivity contribution in [2.45, 2.75) is 18.2 Å². The fourth-order valence-electron chi connectivity index (χ4n) is 1.38. The van der Waals surface area contributed by atoms with Gasteiger partial charge in [0.1, 0.15) is 6.33 Å². The highest BCUT2D eigenvalue weighted by atomic mass is 79.9. The van der Waals surface area contributed by atoms with Crippen molar-refractivity contribution in [1.29, 1.82) is 0 Å². The minimum absolute atomic E-state index is 0.0485. The molecular weight excluding hydrogens is 298 g/mol. The Morgan fingerprint density at radius 1 is 1.44 bits per heavy atom. The van der Waals surface area contributed by atoms with Gasteiger partial charge in [-0.25, -0.2) is 4.68 Å². The highest BCUT2D eigenvalue weighted by Crippen LogP contribution is 2.14. The zero-order chi connectivity index (χ0) is 13.0. The third kappa shape index (κ3) is 2.92. The molecule has 0 saturated heterocycles. The van der Waals surface area contributed by atoms with E-state index in [0.29, 0.717) is 0 Å². The Bertz CT molecular complexity index is 511. The number of carbonyl (C=O) groups is 1. The number of nitrogens with one attached hydrogen (secondary N) is 1. The van der Waals surface area contributed by atoms with Crippen molar-refractivity contribution < 1.29 is 4.79 Å². The standard InChI is InChI=1S/C11H12BrN5O/c1-2-10(12)11(18)14-8-3-5-9(6-4-8)17-7-13-15-16-17/h3-7,10H,2H2,1H3,(H,14,18). The van der Waals surface area contributed by atoms with Crippen molar-refractivity contribution in [2.75, 3.05) is 5.32 Å². The summed E-state index contributed by atoms with van der Waals surface area (Å²) >= 11 is 3.30. The quantitative estimate of drug-likeness (QED) is 0.874. The number of carbonyl (C=O) groups excluding carboxylic acids is 1. The Balaban J connectivity index is 2.06. The van der Waals surface area contributed by atoms with Crippen molar-refractivity contribution in [2.24, 2.45) is 0 Å². The van der Waals surface area contributed by atoms with E-state index in [4.69, 9.17) is 0 Å². The first kappa shape index (κ1) is 12.7. The van der Waals surface area contributed by atoms with E-state index in [0.717, 1.165) is 17.8 Å². The van der Waals surface area contributed by atoms with Crippen LogP contribution in [0.4, 0.5) is 5.69 Å². The summed E-state index contributed by atoms with van der Waals surface area (Å²) in [5, 5.41) is 13.7. The van der Waals surface area contributed by atoms with Gasteiger partial charge in [0, 0.05) is 5.69 Å². The van der Waals surface area contributed by atoms with Gasteiger partial charge in [0.15, 0.2) is 0 Å². The Labute approximate surface area is 113 Å². The van der Waals surface area contributed by atoms with Crippen LogP contribution in [-0.2, 0) is 4.79 Å². The molecule has 1 aromatic heterocycles. The normalized spacial score (nSPS) is 12.1. The van der Waals surface area contributed by atoms with Crippen LogP contribution in [0.1, 0.15) is 13.3 Å². The maximum absolute atomic E-state index is 11.7. The van der Waals surface area contributed by atoms with Gasteiger partial charge in [-0.15, -0.1) is 5.10 Å². The molecule has 0 aliphatic carbocycles. The Hall–Kier alpha value is -1.76. The fourth-order valence-corrected chi connectivity index (χ4v) is 1.50. The Morgan fingerprint density at radius 3 is 2.72 bits per heavy atom. The van der Waals surface area contributed by atoms with E-state index in [-0.39, 0.29) is 10.7 Å². The molecule has 1 atom stereocenters. The average Bonchev–Trinajstić information content (AvgIpc) is 2.92. The smallest absolute Gasteiger partial charge is 0.238 e. The average molecular weight is 310 g/mol. The lowest BCUT2D eigenvalue weighted by atomic mass is 10.2. The van der Waals surface area contributed by atoms with E-state index in [1.807, 2.05) is 31.2 Å². The van der Waals surface area contributed by atoms with E-state index in [1.165, 1.54) is 6.33 Å². The second kappa shape index (κ2) is 5.72. The summed E-state index contributed by atoms with van der Waals surface area (Å²) in [6, 6.07) is 7.29. The van der Waals surface area contributed by atoms with Crippen LogP contribution in [0.5, 0.6) is 0 Å². The monoisotopic (exact) mass is 309 g/mol. The fraction of sp³-hybridized carbons (Fsp3) is 0.273. The zero-order valence-corrected chi connectivity index (χ0v) is 11.3. The highest BCUT2D eigenvalue weighted by Gasteiger charge is 2.12. The van der Waals surface area contributed by atoms with Gasteiger partial charge < -0.3 is 5.32 Å². The van der Waals surface area contributed by atoms with Gasteiger partial charge in [0.05, 0.1) is 10.5 Å². The van der Waals surface area contributed by atoms with E-state index in [2.05, 4.69) is 36.8 Å². The topological polar surface area (TPSA) is 72.7 Å². The van der Waals surface area contributed by atoms with E-state index in [9.17, 15) is 4.79 Å². The minimum atomic E-state index is -0.170. The summed E-state index contributed by atoms with van der Waals surface area (Å²) in [5.41, 5.74) is 1.58. The third-order valence-electron chi connectivity index (χ3n) is 2.39. The predicted octanol–water partition coefficient (Wildman–Crippen LogP) is 1.77. The molecule has 0 fully saturated rings. The van der Waals surface area contributed by atoms with Gasteiger partial charge in [-0.3, -0.25) is 4.79 Å². The summed E-state index contributed by atoms with van der Waals surface area (Å²) in [6.45, 7) is 1.94. The van der Waals surface area contributed by atoms with Gasteiger partial charge in [0.2, 0.25) is 5.91 Å². The molecule has 18 heavy (non-hydrogen) atoms. The van der Waals surface area contributed by atoms with Crippen molar-refractivity contribution in [3.05, 3.63) is 30.6 Å². The van der Waals surface area contributed by atoms with Gasteiger partial charge in [0.25, 0.3) is 0 Å². The summed E-state index contributed by atoms with van der Waals surface area (Å²) in [5.74, 6) is -0.0485. The van der Waals surface area contributed by atoms with Crippen molar-refractivity contribution in [3.8, 4) is 5.69 Å². The predicted molar refractivity (Wildman–Crippen MR) is 70.8 cm³/mol. The maximum Gasteiger partial charge on any atom is 0.238 e. The van der Waals surface area contributed by atoms with Crippen LogP contribution < -0.4 is 5.32 Å². The number of rotatable bonds is 4. The van der Waals surface area contributed by atoms with E-state index >= 15 is 0 Å². The molecule has 0 spiro atoms. The molecule has 2 aromatic rings. The largest absolute Gasteiger partial charge is 0.325 e. The number of hydrogen-bond acceptors (Lipinski definition) is 4. The van der Waals surface area contributed by atoms with Gasteiger partial charge in [-0.05, 0) is 41.1 Å². The van der Waals surface area contributed by atoms with E-state index in [1.54, 1.807) is 4.68 Å². The molecule has 1 heterocycles. The number of nitrogens with zero attached hydrogens (tertiary/aromatic N) is 4. The molecule has 2 rings (SSSR count). The zero-order valence-electron chi connectivity index (χ0n) is 9.75. The van der Waals surface area contributed by atoms with E-state index < -0.39 is 0 Å². The molecule has 0 saturated carbocycles. The van der Waals surface area contributed by atoms with Crippen LogP contribution in [0.2, 0.25) is 0 Å². The van der Waals surface area contributed by atoms with Crippen LogP contribution in [0.3, 0.4) is 0 Å². The number of halogens is 1. The summed E-state index contributed by atoms with van der Waals surface area (Å²) < 4.78 is 1.55. The first-order chi connectivity index (χ1) is 8.70. The molecule has 1 aromatic carbocycles. The Morgan fingerprint density at radius 2 is 2.17 bits per heavy atom. The molecule has 0 aliphatic rings. The maximum atomic E-state index is 11.7. The molecule has 0 bridgehead atoms. The molecule has 6 nitrogen and oxygen atoms in total. The van der Waals surface area contributed by atoms with Gasteiger partial charge in [-0.1, -0.05) is 22.9 Å². The number of benzene rings is 1. The second-order valence-electron chi connectivity index (χ2n) is 3.67. The van der Waals surface area contributed by atoms with Crippen LogP contribution in [0.25, 0.3) is 5.69 Å². The van der Waals surface area contributed by atoms with Crippen LogP contribution >= 0.6 is 15.9 Å². The molecule has 7 heteroatoms. The Kier molecular flexibility index (Phi) is 4.03. The third-order valence-corrected chi connectivity index (χ3v) is 3.45. The second-order valence-corrected chi connectivity index (χ2v) is 4.77. The number of tetrazole rings is 1. The minimum Gasteiger partial charge on any atom is -0.325 e. The molecule has 1 unspecified atom stereocenters. The SMILES string of the molecule is CCC(Br)C(=O)Nc1ccc(-n2cnnn2)cc1. The molecule has 1 N–H and O–H groups in total. The van der Waals surface area contributed by atoms with Crippen molar-refractivity contribution >= 4 is 27.5 Å². The van der Waals surface area contributed by atoms with Gasteiger partial charge >= 0.3 is 0 Å². The number of anilines is 1. The first-order valence-corrected chi connectivity index (χ1v) is 6.40. The number of amides is 1. The molecule has 0 aliphatic heterocycles. The van der Waals surface area contributed by atoms with Crippen molar-refractivity contribution in [3.63, 3.8) is 0 Å². The lowest BCUT2D eigenvalue weighted by Crippen LogP contribution is -2.21. The lowest BCUT2D eigenvalue weighted by molar-refractivity contribution is -0.115.